The summed E-state index contributed by atoms with van der Waals surface area (Å²) >= 11 is 0. The van der Waals surface area contributed by atoms with Gasteiger partial charge in [-0.05, 0) is 17.7 Å². The summed E-state index contributed by atoms with van der Waals surface area (Å²) in [5, 5.41) is 0. The van der Waals surface area contributed by atoms with Crippen LogP contribution in [-0.4, -0.2) is 14.9 Å². The molecule has 0 bridgehead atoms. The van der Waals surface area contributed by atoms with Crippen molar-refractivity contribution in [2.75, 3.05) is 5.75 Å². The summed E-state index contributed by atoms with van der Waals surface area (Å²) < 4.78 is 11.2. The number of aromatic nitrogens is 1. The molecule has 1 rings (SSSR count). The second kappa shape index (κ2) is 5.09. The van der Waals surface area contributed by atoms with E-state index < -0.39 is 10.8 Å². The van der Waals surface area contributed by atoms with Gasteiger partial charge in [0.2, 0.25) is 0 Å². The van der Waals surface area contributed by atoms with Crippen LogP contribution >= 0.6 is 0 Å². The van der Waals surface area contributed by atoms with Crippen molar-refractivity contribution in [1.82, 2.24) is 4.98 Å². The van der Waals surface area contributed by atoms with E-state index in [-0.39, 0.29) is 0 Å². The molecule has 0 aliphatic heterocycles. The number of nitrogens with zero attached hydrogens (tertiary/aromatic N) is 1. The lowest BCUT2D eigenvalue weighted by atomic mass is 10.2. The van der Waals surface area contributed by atoms with Gasteiger partial charge >= 0.3 is 0 Å². The van der Waals surface area contributed by atoms with Crippen LogP contribution in [0.4, 0.5) is 0 Å². The van der Waals surface area contributed by atoms with Crippen LogP contribution in [0.1, 0.15) is 18.2 Å². The van der Waals surface area contributed by atoms with Crippen molar-refractivity contribution < 1.29 is 4.21 Å². The molecule has 13 heavy (non-hydrogen) atoms. The van der Waals surface area contributed by atoms with Crippen molar-refractivity contribution in [3.63, 3.8) is 0 Å². The second-order valence-corrected chi connectivity index (χ2v) is 4.48. The highest BCUT2D eigenvalue weighted by molar-refractivity contribution is 7.84. The molecule has 0 radical (unpaired) electrons. The summed E-state index contributed by atoms with van der Waals surface area (Å²) in [6.45, 7) is 2.35. The van der Waals surface area contributed by atoms with Crippen molar-refractivity contribution in [2.45, 2.75) is 19.2 Å². The maximum atomic E-state index is 11.2. The molecule has 1 atom stereocenters. The Balaban J connectivity index is 2.71. The molecule has 0 amide bonds. The highest BCUT2D eigenvalue weighted by Crippen LogP contribution is 2.04. The molecule has 3 nitrogen and oxygen atoms in total. The van der Waals surface area contributed by atoms with E-state index in [1.165, 1.54) is 0 Å². The average molecular weight is 198 g/mol. The summed E-state index contributed by atoms with van der Waals surface area (Å²) in [7, 11) is -0.757. The standard InChI is InChI=1S/C9H14N2OS/c1-2-13(12)7-8-3-4-11-9(5-8)6-10/h3-5H,2,6-7,10H2,1H3. The highest BCUT2D eigenvalue weighted by atomic mass is 32.2. The molecule has 1 heterocycles. The fraction of sp³-hybridized carbons (Fsp3) is 0.444. The SMILES string of the molecule is CCS(=O)Cc1ccnc(CN)c1. The van der Waals surface area contributed by atoms with Crippen LogP contribution < -0.4 is 5.73 Å². The first kappa shape index (κ1) is 10.3. The molecule has 0 aliphatic carbocycles. The van der Waals surface area contributed by atoms with E-state index in [0.29, 0.717) is 18.1 Å². The van der Waals surface area contributed by atoms with Crippen molar-refractivity contribution in [2.24, 2.45) is 5.73 Å². The van der Waals surface area contributed by atoms with Crippen molar-refractivity contribution in [3.05, 3.63) is 29.6 Å². The Morgan fingerprint density at radius 3 is 3.00 bits per heavy atom. The van der Waals surface area contributed by atoms with Gasteiger partial charge in [-0.25, -0.2) is 0 Å². The quantitative estimate of drug-likeness (QED) is 0.779. The average Bonchev–Trinajstić information content (AvgIpc) is 2.18. The molecule has 1 aromatic rings. The zero-order chi connectivity index (χ0) is 9.68. The predicted octanol–water partition coefficient (Wildman–Crippen LogP) is 0.809. The maximum absolute atomic E-state index is 11.2. The first-order valence-corrected chi connectivity index (χ1v) is 5.74. The first-order valence-electron chi connectivity index (χ1n) is 4.25. The molecule has 0 aromatic carbocycles. The third-order valence-electron chi connectivity index (χ3n) is 1.74. The van der Waals surface area contributed by atoms with Gasteiger partial charge in [0.25, 0.3) is 0 Å². The van der Waals surface area contributed by atoms with Gasteiger partial charge in [-0.2, -0.15) is 0 Å². The summed E-state index contributed by atoms with van der Waals surface area (Å²) in [6.07, 6.45) is 1.71. The smallest absolute Gasteiger partial charge is 0.0542 e. The molecule has 0 spiro atoms. The fourth-order valence-corrected chi connectivity index (χ4v) is 1.77. The van der Waals surface area contributed by atoms with Gasteiger partial charge in [0.05, 0.1) is 5.69 Å². The predicted molar refractivity (Wildman–Crippen MR) is 54.5 cm³/mol. The van der Waals surface area contributed by atoms with E-state index >= 15 is 0 Å². The third kappa shape index (κ3) is 3.24. The van der Waals surface area contributed by atoms with Gasteiger partial charge in [0, 0.05) is 35.0 Å². The van der Waals surface area contributed by atoms with Crippen LogP contribution in [0.3, 0.4) is 0 Å². The van der Waals surface area contributed by atoms with Crippen LogP contribution in [0.15, 0.2) is 18.3 Å². The van der Waals surface area contributed by atoms with E-state index in [1.807, 2.05) is 19.1 Å². The van der Waals surface area contributed by atoms with Crippen molar-refractivity contribution >= 4 is 10.8 Å². The lowest BCUT2D eigenvalue weighted by Crippen LogP contribution is -2.02. The van der Waals surface area contributed by atoms with Gasteiger partial charge in [-0.3, -0.25) is 9.19 Å². The Morgan fingerprint density at radius 2 is 2.38 bits per heavy atom. The molecule has 4 heteroatoms. The zero-order valence-corrected chi connectivity index (χ0v) is 8.51. The lowest BCUT2D eigenvalue weighted by Gasteiger charge is -2.01. The Hall–Kier alpha value is -0.740. The minimum Gasteiger partial charge on any atom is -0.325 e. The largest absolute Gasteiger partial charge is 0.325 e. The topological polar surface area (TPSA) is 56.0 Å². The monoisotopic (exact) mass is 198 g/mol. The summed E-state index contributed by atoms with van der Waals surface area (Å²) in [5.74, 6) is 1.30. The Kier molecular flexibility index (Phi) is 4.05. The van der Waals surface area contributed by atoms with Crippen molar-refractivity contribution in [1.29, 1.82) is 0 Å². The van der Waals surface area contributed by atoms with Crippen LogP contribution in [0.5, 0.6) is 0 Å². The Labute approximate surface area is 80.8 Å². The molecular formula is C9H14N2OS. The molecule has 2 N–H and O–H groups in total. The molecule has 1 aromatic heterocycles. The molecule has 0 aliphatic rings. The van der Waals surface area contributed by atoms with Gasteiger partial charge in [0.15, 0.2) is 0 Å². The molecular weight excluding hydrogens is 184 g/mol. The molecule has 1 unspecified atom stereocenters. The number of pyridine rings is 1. The number of hydrogen-bond donors (Lipinski definition) is 1. The Morgan fingerprint density at radius 1 is 1.62 bits per heavy atom. The number of nitrogens with two attached hydrogens (primary N) is 1. The van der Waals surface area contributed by atoms with E-state index in [0.717, 1.165) is 11.3 Å². The molecule has 0 saturated carbocycles. The van der Waals surface area contributed by atoms with E-state index in [9.17, 15) is 4.21 Å². The summed E-state index contributed by atoms with van der Waals surface area (Å²) in [4.78, 5) is 4.07. The van der Waals surface area contributed by atoms with E-state index in [1.54, 1.807) is 6.20 Å². The minimum absolute atomic E-state index is 0.437. The van der Waals surface area contributed by atoms with Crippen LogP contribution in [0, 0.1) is 0 Å². The number of rotatable bonds is 4. The van der Waals surface area contributed by atoms with Crippen LogP contribution in [0.2, 0.25) is 0 Å². The van der Waals surface area contributed by atoms with Gasteiger partial charge in [-0.1, -0.05) is 6.92 Å². The van der Waals surface area contributed by atoms with Crippen LogP contribution in [0.25, 0.3) is 0 Å². The van der Waals surface area contributed by atoms with Gasteiger partial charge < -0.3 is 5.73 Å². The lowest BCUT2D eigenvalue weighted by molar-refractivity contribution is 0.683. The third-order valence-corrected chi connectivity index (χ3v) is 3.04. The minimum atomic E-state index is -0.757. The first-order chi connectivity index (χ1) is 6.26. The summed E-state index contributed by atoms with van der Waals surface area (Å²) in [6, 6.07) is 3.79. The highest BCUT2D eigenvalue weighted by Gasteiger charge is 2.00. The van der Waals surface area contributed by atoms with Crippen LogP contribution in [-0.2, 0) is 23.1 Å². The van der Waals surface area contributed by atoms with Gasteiger partial charge in [0.1, 0.15) is 0 Å². The zero-order valence-electron chi connectivity index (χ0n) is 7.69. The normalized spacial score (nSPS) is 12.8. The Bertz CT molecular complexity index is 301. The molecule has 72 valence electrons. The van der Waals surface area contributed by atoms with Gasteiger partial charge in [-0.15, -0.1) is 0 Å². The molecule has 0 saturated heterocycles. The molecule has 0 fully saturated rings. The van der Waals surface area contributed by atoms with E-state index in [4.69, 9.17) is 5.73 Å². The maximum Gasteiger partial charge on any atom is 0.0542 e. The van der Waals surface area contributed by atoms with Crippen molar-refractivity contribution in [3.8, 4) is 0 Å². The second-order valence-electron chi connectivity index (χ2n) is 2.73. The summed E-state index contributed by atoms with van der Waals surface area (Å²) in [5.41, 5.74) is 7.35. The van der Waals surface area contributed by atoms with E-state index in [2.05, 4.69) is 4.98 Å². The fourth-order valence-electron chi connectivity index (χ4n) is 1.02. The number of hydrogen-bond acceptors (Lipinski definition) is 3.